The van der Waals surface area contributed by atoms with Gasteiger partial charge in [0, 0.05) is 17.5 Å². The van der Waals surface area contributed by atoms with E-state index in [1.807, 2.05) is 13.8 Å². The molecule has 1 aliphatic carbocycles. The third-order valence-electron chi connectivity index (χ3n) is 4.75. The monoisotopic (exact) mass is 335 g/mol. The molecule has 1 aliphatic heterocycles. The Morgan fingerprint density at radius 2 is 2.00 bits per heavy atom. The summed E-state index contributed by atoms with van der Waals surface area (Å²) in [6, 6.07) is 5.40. The van der Waals surface area contributed by atoms with Crippen LogP contribution in [-0.4, -0.2) is 36.0 Å². The topological polar surface area (TPSA) is 87.9 Å². The van der Waals surface area contributed by atoms with E-state index in [0.717, 1.165) is 6.42 Å². The molecule has 0 N–H and O–H groups in total. The lowest BCUT2D eigenvalue weighted by Crippen LogP contribution is -2.25. The zero-order valence-electron chi connectivity index (χ0n) is 14.0. The molecule has 2 fully saturated rings. The lowest BCUT2D eigenvalue weighted by molar-refractivity contribution is -0.384. The maximum absolute atomic E-state index is 12.1. The fourth-order valence-electron chi connectivity index (χ4n) is 3.14. The van der Waals surface area contributed by atoms with Gasteiger partial charge in [-0.05, 0) is 38.3 Å². The highest BCUT2D eigenvalue weighted by Crippen LogP contribution is 2.56. The van der Waals surface area contributed by atoms with Crippen LogP contribution in [0.2, 0.25) is 0 Å². The van der Waals surface area contributed by atoms with Crippen LogP contribution in [0, 0.1) is 21.4 Å². The van der Waals surface area contributed by atoms with Crippen LogP contribution in [0.25, 0.3) is 0 Å². The Hall–Kier alpha value is -1.99. The van der Waals surface area contributed by atoms with Crippen LogP contribution in [0.15, 0.2) is 24.3 Å². The van der Waals surface area contributed by atoms with Crippen molar-refractivity contribution in [1.29, 1.82) is 0 Å². The molecule has 24 heavy (non-hydrogen) atoms. The average molecular weight is 335 g/mol. The zero-order chi connectivity index (χ0) is 17.5. The molecule has 3 rings (SSSR count). The number of carbonyl (C=O) groups is 1. The van der Waals surface area contributed by atoms with E-state index < -0.39 is 16.7 Å². The summed E-state index contributed by atoms with van der Waals surface area (Å²) in [7, 11) is 0. The van der Waals surface area contributed by atoms with E-state index in [2.05, 4.69) is 6.92 Å². The van der Waals surface area contributed by atoms with E-state index in [1.54, 1.807) is 0 Å². The number of carbonyl (C=O) groups excluding carboxylic acids is 1. The van der Waals surface area contributed by atoms with Crippen molar-refractivity contribution in [3.8, 4) is 0 Å². The van der Waals surface area contributed by atoms with Gasteiger partial charge in [-0.15, -0.1) is 0 Å². The first-order valence-corrected chi connectivity index (χ1v) is 7.94. The lowest BCUT2D eigenvalue weighted by atomic mass is 10.0. The van der Waals surface area contributed by atoms with Gasteiger partial charge in [0.15, 0.2) is 5.79 Å². The summed E-state index contributed by atoms with van der Waals surface area (Å²) in [5.74, 6) is -0.714. The first-order valence-electron chi connectivity index (χ1n) is 7.94. The van der Waals surface area contributed by atoms with E-state index in [0.29, 0.717) is 24.7 Å². The number of nitro benzene ring substituents is 1. The van der Waals surface area contributed by atoms with Gasteiger partial charge in [-0.1, -0.05) is 6.92 Å². The van der Waals surface area contributed by atoms with Gasteiger partial charge in [0.25, 0.3) is 5.69 Å². The molecule has 3 atom stereocenters. The summed E-state index contributed by atoms with van der Waals surface area (Å²) in [4.78, 5) is 22.2. The molecule has 130 valence electrons. The van der Waals surface area contributed by atoms with Crippen LogP contribution < -0.4 is 0 Å². The number of non-ortho nitro benzene ring substituents is 1. The second-order valence-corrected chi connectivity index (χ2v) is 7.21. The number of rotatable bonds is 5. The summed E-state index contributed by atoms with van der Waals surface area (Å²) in [5.41, 5.74) is 0.148. The molecule has 0 spiro atoms. The Morgan fingerprint density at radius 1 is 1.33 bits per heavy atom. The summed E-state index contributed by atoms with van der Waals surface area (Å²) < 4.78 is 16.8. The van der Waals surface area contributed by atoms with E-state index in [4.69, 9.17) is 14.2 Å². The minimum absolute atomic E-state index is 0.0306. The molecule has 7 heteroatoms. The molecule has 2 aliphatic rings. The van der Waals surface area contributed by atoms with Gasteiger partial charge in [-0.2, -0.15) is 0 Å². The molecule has 7 nitrogen and oxygen atoms in total. The van der Waals surface area contributed by atoms with Crippen molar-refractivity contribution in [3.63, 3.8) is 0 Å². The van der Waals surface area contributed by atoms with Gasteiger partial charge in [-0.3, -0.25) is 10.1 Å². The molecule has 1 heterocycles. The van der Waals surface area contributed by atoms with E-state index >= 15 is 0 Å². The Balaban J connectivity index is 1.52. The third kappa shape index (κ3) is 3.42. The molecule has 1 aromatic carbocycles. The highest BCUT2D eigenvalue weighted by Gasteiger charge is 2.57. The molecule has 1 saturated carbocycles. The zero-order valence-corrected chi connectivity index (χ0v) is 14.0. The summed E-state index contributed by atoms with van der Waals surface area (Å²) in [6.07, 6.45) is 0.952. The summed E-state index contributed by atoms with van der Waals surface area (Å²) >= 11 is 0. The number of esters is 1. The molecule has 1 aromatic rings. The first-order chi connectivity index (χ1) is 11.2. The molecule has 0 radical (unpaired) electrons. The smallest absolute Gasteiger partial charge is 0.338 e. The molecular formula is C17H21NO6. The van der Waals surface area contributed by atoms with Gasteiger partial charge in [0.2, 0.25) is 0 Å². The number of hydrogen-bond acceptors (Lipinski definition) is 6. The van der Waals surface area contributed by atoms with Crippen LogP contribution >= 0.6 is 0 Å². The lowest BCUT2D eigenvalue weighted by Gasteiger charge is -2.19. The number of benzene rings is 1. The fraction of sp³-hybridized carbons (Fsp3) is 0.588. The van der Waals surface area contributed by atoms with E-state index in [1.165, 1.54) is 24.3 Å². The molecular weight excluding hydrogens is 314 g/mol. The van der Waals surface area contributed by atoms with Crippen molar-refractivity contribution in [2.45, 2.75) is 39.1 Å². The summed E-state index contributed by atoms with van der Waals surface area (Å²) in [5, 5.41) is 10.6. The predicted molar refractivity (Wildman–Crippen MR) is 84.5 cm³/mol. The fourth-order valence-corrected chi connectivity index (χ4v) is 3.14. The number of nitrogens with zero attached hydrogens (tertiary/aromatic N) is 1. The number of nitro groups is 1. The molecule has 0 amide bonds. The van der Waals surface area contributed by atoms with Crippen LogP contribution in [0.5, 0.6) is 0 Å². The maximum atomic E-state index is 12.1. The predicted octanol–water partition coefficient (Wildman–Crippen LogP) is 2.93. The molecule has 0 unspecified atom stereocenters. The van der Waals surface area contributed by atoms with Gasteiger partial charge < -0.3 is 14.2 Å². The van der Waals surface area contributed by atoms with Gasteiger partial charge in [-0.25, -0.2) is 4.79 Å². The number of ether oxygens (including phenoxy) is 3. The van der Waals surface area contributed by atoms with Crippen molar-refractivity contribution in [2.24, 2.45) is 11.3 Å². The van der Waals surface area contributed by atoms with E-state index in [9.17, 15) is 14.9 Å². The highest BCUT2D eigenvalue weighted by molar-refractivity contribution is 5.89. The SMILES string of the molecule is CC1(C)OC[C@H]([C@H]2C[C@@]2(C)COC(=O)c2ccc([N+](=O)[O-])cc2)O1. The largest absolute Gasteiger partial charge is 0.462 e. The second-order valence-electron chi connectivity index (χ2n) is 7.21. The third-order valence-corrected chi connectivity index (χ3v) is 4.75. The normalized spacial score (nSPS) is 30.8. The molecule has 1 saturated heterocycles. The van der Waals surface area contributed by atoms with Crippen LogP contribution in [0.3, 0.4) is 0 Å². The Kier molecular flexibility index (Phi) is 4.09. The van der Waals surface area contributed by atoms with Crippen molar-refractivity contribution in [1.82, 2.24) is 0 Å². The first kappa shape index (κ1) is 16.9. The molecule has 0 bridgehead atoms. The van der Waals surface area contributed by atoms with Crippen LogP contribution in [-0.2, 0) is 14.2 Å². The van der Waals surface area contributed by atoms with Crippen molar-refractivity contribution in [2.75, 3.05) is 13.2 Å². The minimum atomic E-state index is -0.552. The van der Waals surface area contributed by atoms with Crippen molar-refractivity contribution >= 4 is 11.7 Å². The highest BCUT2D eigenvalue weighted by atomic mass is 16.7. The Bertz CT molecular complexity index is 656. The van der Waals surface area contributed by atoms with Crippen molar-refractivity contribution < 1.29 is 23.9 Å². The van der Waals surface area contributed by atoms with Crippen LogP contribution in [0.1, 0.15) is 37.6 Å². The van der Waals surface area contributed by atoms with Gasteiger partial charge >= 0.3 is 5.97 Å². The van der Waals surface area contributed by atoms with Crippen molar-refractivity contribution in [3.05, 3.63) is 39.9 Å². The maximum Gasteiger partial charge on any atom is 0.338 e. The second kappa shape index (κ2) is 5.82. The quantitative estimate of drug-likeness (QED) is 0.467. The average Bonchev–Trinajstić information content (AvgIpc) is 3.07. The van der Waals surface area contributed by atoms with Crippen LogP contribution in [0.4, 0.5) is 5.69 Å². The standard InChI is InChI=1S/C17H21NO6/c1-16(2)23-9-14(24-16)13-8-17(13,3)10-22-15(19)11-4-6-12(7-5-11)18(20)21/h4-7,13-14H,8-10H2,1-3H3/t13-,14-,17+/m1/s1. The molecule has 0 aromatic heterocycles. The summed E-state index contributed by atoms with van der Waals surface area (Å²) in [6.45, 7) is 6.70. The minimum Gasteiger partial charge on any atom is -0.462 e. The van der Waals surface area contributed by atoms with Gasteiger partial charge in [0.1, 0.15) is 0 Å². The van der Waals surface area contributed by atoms with Gasteiger partial charge in [0.05, 0.1) is 29.8 Å². The number of hydrogen-bond donors (Lipinski definition) is 0. The van der Waals surface area contributed by atoms with E-state index in [-0.39, 0.29) is 17.2 Å². The Labute approximate surface area is 140 Å². The Morgan fingerprint density at radius 3 is 2.54 bits per heavy atom.